The molecular formula is C25H20NO8S3-. The molecule has 37 heavy (non-hydrogen) atoms. The Balaban J connectivity index is 1.39. The average Bonchev–Trinajstić information content (AvgIpc) is 3.39. The van der Waals surface area contributed by atoms with Gasteiger partial charge in [0.2, 0.25) is 9.84 Å². The molecular weight excluding hydrogens is 538 g/mol. The van der Waals surface area contributed by atoms with Crippen LogP contribution in [0.4, 0.5) is 10.7 Å². The molecule has 9 nitrogen and oxygen atoms in total. The van der Waals surface area contributed by atoms with Crippen LogP contribution in [-0.4, -0.2) is 41.5 Å². The third-order valence-corrected chi connectivity index (χ3v) is 8.70. The van der Waals surface area contributed by atoms with Crippen molar-refractivity contribution in [3.8, 4) is 11.5 Å². The third kappa shape index (κ3) is 6.35. The Morgan fingerprint density at radius 1 is 0.892 bits per heavy atom. The molecule has 0 spiro atoms. The number of sulfone groups is 1. The van der Waals surface area contributed by atoms with Crippen molar-refractivity contribution in [1.82, 2.24) is 0 Å². The van der Waals surface area contributed by atoms with Gasteiger partial charge in [-0.2, -0.15) is 0 Å². The van der Waals surface area contributed by atoms with Crippen molar-refractivity contribution in [1.29, 1.82) is 0 Å². The van der Waals surface area contributed by atoms with Crippen LogP contribution in [0, 0.1) is 0 Å². The van der Waals surface area contributed by atoms with Crippen molar-refractivity contribution in [3.05, 3.63) is 95.9 Å². The third-order valence-electron chi connectivity index (χ3n) is 5.07. The number of ether oxygens (including phenoxy) is 2. The maximum Gasteiger partial charge on any atom is 0.335 e. The lowest BCUT2D eigenvalue weighted by Gasteiger charge is -2.24. The maximum atomic E-state index is 12.9. The average molecular weight is 559 g/mol. The normalized spacial score (nSPS) is 12.0. The molecule has 0 aliphatic heterocycles. The Hall–Kier alpha value is -3.71. The highest BCUT2D eigenvalue weighted by molar-refractivity contribution is 7.91. The highest BCUT2D eigenvalue weighted by atomic mass is 32.2. The van der Waals surface area contributed by atoms with Gasteiger partial charge in [-0.3, -0.25) is 8.51 Å². The zero-order chi connectivity index (χ0) is 26.4. The first-order valence-electron chi connectivity index (χ1n) is 10.7. The molecule has 0 radical (unpaired) electrons. The quantitative estimate of drug-likeness (QED) is 0.207. The minimum Gasteiger partial charge on any atom is -0.755 e. The molecule has 0 saturated heterocycles. The van der Waals surface area contributed by atoms with Gasteiger partial charge in [0.25, 0.3) is 0 Å². The lowest BCUT2D eigenvalue weighted by atomic mass is 10.2. The van der Waals surface area contributed by atoms with Gasteiger partial charge in [0.1, 0.15) is 29.7 Å². The number of aromatic carboxylic acids is 1. The van der Waals surface area contributed by atoms with E-state index in [2.05, 4.69) is 0 Å². The number of anilines is 2. The Bertz CT molecular complexity index is 1490. The van der Waals surface area contributed by atoms with Crippen LogP contribution in [0.25, 0.3) is 0 Å². The SMILES string of the molecule is O=C(O)c1ccc(OCCOc2ccc(N(c3cc(S(=O)(=O)c4ccccc4)cs3)S(=O)[O-])cc2)cc1. The van der Waals surface area contributed by atoms with Crippen molar-refractivity contribution in [2.75, 3.05) is 17.5 Å². The topological polar surface area (TPSA) is 133 Å². The van der Waals surface area contributed by atoms with Crippen LogP contribution in [0.5, 0.6) is 11.5 Å². The number of rotatable bonds is 11. The van der Waals surface area contributed by atoms with E-state index in [1.165, 1.54) is 35.7 Å². The molecule has 1 atom stereocenters. The highest BCUT2D eigenvalue weighted by Gasteiger charge is 2.22. The summed E-state index contributed by atoms with van der Waals surface area (Å²) in [6, 6.07) is 21.5. The van der Waals surface area contributed by atoms with E-state index >= 15 is 0 Å². The minimum atomic E-state index is -3.78. The van der Waals surface area contributed by atoms with E-state index in [4.69, 9.17) is 14.6 Å². The summed E-state index contributed by atoms with van der Waals surface area (Å²) >= 11 is -1.70. The summed E-state index contributed by atoms with van der Waals surface area (Å²) in [5, 5.41) is 10.5. The Morgan fingerprint density at radius 2 is 1.46 bits per heavy atom. The fourth-order valence-electron chi connectivity index (χ4n) is 3.27. The lowest BCUT2D eigenvalue weighted by molar-refractivity contribution is 0.0696. The summed E-state index contributed by atoms with van der Waals surface area (Å²) in [4.78, 5) is 11.0. The van der Waals surface area contributed by atoms with E-state index in [1.807, 2.05) is 0 Å². The fourth-order valence-corrected chi connectivity index (χ4v) is 6.55. The molecule has 0 fully saturated rings. The molecule has 3 aromatic carbocycles. The first-order valence-corrected chi connectivity index (χ1v) is 14.1. The second-order valence-electron chi connectivity index (χ2n) is 7.47. The van der Waals surface area contributed by atoms with Crippen molar-refractivity contribution in [2.24, 2.45) is 0 Å². The zero-order valence-corrected chi connectivity index (χ0v) is 21.5. The number of thiophene rings is 1. The fraction of sp³-hybridized carbons (Fsp3) is 0.0800. The van der Waals surface area contributed by atoms with Gasteiger partial charge >= 0.3 is 5.97 Å². The Labute approximate surface area is 219 Å². The highest BCUT2D eigenvalue weighted by Crippen LogP contribution is 2.36. The summed E-state index contributed by atoms with van der Waals surface area (Å²) in [5.41, 5.74) is 0.467. The molecule has 192 valence electrons. The summed E-state index contributed by atoms with van der Waals surface area (Å²) in [5.74, 6) is -0.0414. The summed E-state index contributed by atoms with van der Waals surface area (Å²) in [6.45, 7) is 0.404. The molecule has 0 aliphatic carbocycles. The molecule has 1 heterocycles. The van der Waals surface area contributed by atoms with Crippen molar-refractivity contribution >= 4 is 49.1 Å². The van der Waals surface area contributed by atoms with E-state index in [0.717, 1.165) is 15.6 Å². The van der Waals surface area contributed by atoms with Crippen LogP contribution in [-0.2, 0) is 21.1 Å². The number of benzene rings is 3. The second kappa shape index (κ2) is 11.6. The number of carbonyl (C=O) groups is 1. The van der Waals surface area contributed by atoms with E-state index < -0.39 is 27.1 Å². The van der Waals surface area contributed by atoms with Crippen LogP contribution in [0.3, 0.4) is 0 Å². The Morgan fingerprint density at radius 3 is 2.00 bits per heavy atom. The van der Waals surface area contributed by atoms with E-state index in [9.17, 15) is 22.0 Å². The van der Waals surface area contributed by atoms with Gasteiger partial charge < -0.3 is 19.1 Å². The second-order valence-corrected chi connectivity index (χ2v) is 11.1. The summed E-state index contributed by atoms with van der Waals surface area (Å²) in [6.07, 6.45) is 0. The first kappa shape index (κ1) is 26.4. The molecule has 0 saturated carbocycles. The molecule has 1 aromatic heterocycles. The van der Waals surface area contributed by atoms with E-state index in [-0.39, 0.29) is 33.6 Å². The number of carboxylic acid groups (broad SMARTS) is 1. The predicted molar refractivity (Wildman–Crippen MR) is 138 cm³/mol. The van der Waals surface area contributed by atoms with Crippen molar-refractivity contribution in [2.45, 2.75) is 9.79 Å². The van der Waals surface area contributed by atoms with E-state index in [0.29, 0.717) is 17.2 Å². The molecule has 4 aromatic rings. The first-order chi connectivity index (χ1) is 17.8. The molecule has 12 heteroatoms. The molecule has 1 unspecified atom stereocenters. The molecule has 0 amide bonds. The van der Waals surface area contributed by atoms with Gasteiger partial charge in [-0.1, -0.05) is 18.2 Å². The number of carboxylic acids is 1. The van der Waals surface area contributed by atoms with Gasteiger partial charge in [0.05, 0.1) is 32.3 Å². The van der Waals surface area contributed by atoms with Crippen LogP contribution in [0.1, 0.15) is 10.4 Å². The van der Waals surface area contributed by atoms with Gasteiger partial charge in [0.15, 0.2) is 0 Å². The van der Waals surface area contributed by atoms with Gasteiger partial charge in [-0.05, 0) is 66.7 Å². The zero-order valence-electron chi connectivity index (χ0n) is 19.1. The monoisotopic (exact) mass is 558 g/mol. The van der Waals surface area contributed by atoms with Gasteiger partial charge in [0, 0.05) is 5.38 Å². The van der Waals surface area contributed by atoms with Gasteiger partial charge in [-0.15, -0.1) is 11.3 Å². The minimum absolute atomic E-state index is 0.00621. The smallest absolute Gasteiger partial charge is 0.335 e. The number of hydrogen-bond acceptors (Lipinski definition) is 8. The standard InChI is InChI=1S/C25H21NO8S3/c27-25(28)18-6-10-20(11-7-18)33-14-15-34-21-12-8-19(9-13-21)26(36(29)30)24-16-23(17-35-24)37(31,32)22-4-2-1-3-5-22/h1-13,16-17H,14-15H2,(H,27,28)(H,29,30)/p-1. The molecule has 4 rings (SSSR count). The number of hydrogen-bond donors (Lipinski definition) is 1. The maximum absolute atomic E-state index is 12.9. The molecule has 1 N–H and O–H groups in total. The molecule has 0 aliphatic rings. The van der Waals surface area contributed by atoms with Crippen molar-refractivity contribution in [3.63, 3.8) is 0 Å². The largest absolute Gasteiger partial charge is 0.755 e. The van der Waals surface area contributed by atoms with Gasteiger partial charge in [-0.25, -0.2) is 13.2 Å². The molecule has 0 bridgehead atoms. The van der Waals surface area contributed by atoms with Crippen LogP contribution >= 0.6 is 11.3 Å². The Kier molecular flexibility index (Phi) is 8.24. The summed E-state index contributed by atoms with van der Waals surface area (Å²) in [7, 11) is -3.78. The van der Waals surface area contributed by atoms with Crippen LogP contribution in [0.2, 0.25) is 0 Å². The van der Waals surface area contributed by atoms with Crippen LogP contribution < -0.4 is 13.8 Å². The van der Waals surface area contributed by atoms with Crippen LogP contribution in [0.15, 0.2) is 100 Å². The lowest BCUT2D eigenvalue weighted by Crippen LogP contribution is -2.18. The van der Waals surface area contributed by atoms with E-state index in [1.54, 1.807) is 54.6 Å². The van der Waals surface area contributed by atoms with Crippen molar-refractivity contribution < 1.29 is 36.6 Å². The number of nitrogens with zero attached hydrogens (tertiary/aromatic N) is 1. The predicted octanol–water partition coefficient (Wildman–Crippen LogP) is 4.67. The summed E-state index contributed by atoms with van der Waals surface area (Å²) < 4.78 is 61.9.